The minimum absolute atomic E-state index is 0.0268. The molecule has 2 N–H and O–H groups in total. The van der Waals surface area contributed by atoms with Gasteiger partial charge in [-0.3, -0.25) is 9.69 Å². The highest BCUT2D eigenvalue weighted by molar-refractivity contribution is 7.15. The molecule has 130 valence electrons. The molecule has 1 saturated heterocycles. The van der Waals surface area contributed by atoms with E-state index in [1.165, 1.54) is 16.2 Å². The lowest BCUT2D eigenvalue weighted by molar-refractivity contribution is 0.116. The van der Waals surface area contributed by atoms with Gasteiger partial charge in [-0.2, -0.15) is 0 Å². The van der Waals surface area contributed by atoms with Gasteiger partial charge in [0.25, 0.3) is 5.56 Å². The van der Waals surface area contributed by atoms with Crippen LogP contribution in [0.15, 0.2) is 23.0 Å². The summed E-state index contributed by atoms with van der Waals surface area (Å²) in [6, 6.07) is 6.39. The van der Waals surface area contributed by atoms with Crippen molar-refractivity contribution in [2.45, 2.75) is 39.7 Å². The van der Waals surface area contributed by atoms with E-state index in [2.05, 4.69) is 22.0 Å². The van der Waals surface area contributed by atoms with E-state index in [1.807, 2.05) is 19.9 Å². The number of pyridine rings is 1. The van der Waals surface area contributed by atoms with Crippen LogP contribution in [-0.2, 0) is 13.0 Å². The normalized spacial score (nSPS) is 18.9. The smallest absolute Gasteiger partial charge is 0.251 e. The second-order valence-electron chi connectivity index (χ2n) is 6.71. The summed E-state index contributed by atoms with van der Waals surface area (Å²) < 4.78 is 0. The van der Waals surface area contributed by atoms with Crippen molar-refractivity contribution in [2.24, 2.45) is 5.92 Å². The predicted octanol–water partition coefficient (Wildman–Crippen LogP) is 3.18. The molecular weight excluding hydrogens is 320 g/mol. The number of likely N-dealkylation sites (tertiary alicyclic amines) is 1. The number of nitrogens with one attached hydrogen (secondary N) is 1. The van der Waals surface area contributed by atoms with Gasteiger partial charge >= 0.3 is 0 Å². The number of rotatable bonds is 5. The average molecular weight is 346 g/mol. The number of thiophene rings is 1. The number of hydrogen-bond donors (Lipinski definition) is 2. The first kappa shape index (κ1) is 17.4. The monoisotopic (exact) mass is 346 g/mol. The maximum absolute atomic E-state index is 11.9. The molecule has 3 heterocycles. The number of aryl methyl sites for hydroxylation is 2. The summed E-state index contributed by atoms with van der Waals surface area (Å²) in [6.45, 7) is 7.32. The Labute approximate surface area is 147 Å². The fraction of sp³-hybridized carbons (Fsp3) is 0.526. The Balaban J connectivity index is 1.77. The van der Waals surface area contributed by atoms with Crippen LogP contribution in [0.1, 0.15) is 35.9 Å². The van der Waals surface area contributed by atoms with E-state index in [4.69, 9.17) is 0 Å². The van der Waals surface area contributed by atoms with E-state index in [0.29, 0.717) is 12.5 Å². The number of nitrogens with zero attached hydrogens (tertiary/aromatic N) is 1. The highest BCUT2D eigenvalue weighted by atomic mass is 32.1. The third-order valence-corrected chi connectivity index (χ3v) is 5.97. The van der Waals surface area contributed by atoms with Gasteiger partial charge in [-0.1, -0.05) is 6.92 Å². The topological polar surface area (TPSA) is 56.3 Å². The maximum atomic E-state index is 11.9. The minimum Gasteiger partial charge on any atom is -0.396 e. The molecule has 0 spiro atoms. The number of aliphatic hydroxyl groups is 1. The van der Waals surface area contributed by atoms with Crippen LogP contribution in [0.2, 0.25) is 0 Å². The SMILES string of the molecule is CCc1cc(-c2ccc(CN3CCCC(CO)C3)s2)c(C)[nH]c1=O. The quantitative estimate of drug-likeness (QED) is 0.874. The van der Waals surface area contributed by atoms with Crippen molar-refractivity contribution in [3.8, 4) is 10.4 Å². The highest BCUT2D eigenvalue weighted by Crippen LogP contribution is 2.31. The first-order valence-electron chi connectivity index (χ1n) is 8.75. The molecule has 5 heteroatoms. The summed E-state index contributed by atoms with van der Waals surface area (Å²) >= 11 is 1.80. The van der Waals surface area contributed by atoms with Crippen molar-refractivity contribution in [1.82, 2.24) is 9.88 Å². The summed E-state index contributed by atoms with van der Waals surface area (Å²) in [5.41, 5.74) is 2.93. The lowest BCUT2D eigenvalue weighted by atomic mass is 9.99. The van der Waals surface area contributed by atoms with E-state index < -0.39 is 0 Å². The second kappa shape index (κ2) is 7.64. The standard InChI is InChI=1S/C19H26N2O2S/c1-3-15-9-17(13(2)20-19(15)23)18-7-6-16(24-18)11-21-8-4-5-14(10-21)12-22/h6-7,9,14,22H,3-5,8,10-12H2,1-2H3,(H,20,23). The van der Waals surface area contributed by atoms with Crippen molar-refractivity contribution >= 4 is 11.3 Å². The van der Waals surface area contributed by atoms with Gasteiger partial charge in [0.15, 0.2) is 0 Å². The van der Waals surface area contributed by atoms with Crippen LogP contribution in [0.25, 0.3) is 10.4 Å². The van der Waals surface area contributed by atoms with Gasteiger partial charge in [0.05, 0.1) is 0 Å². The Morgan fingerprint density at radius 3 is 3.00 bits per heavy atom. The summed E-state index contributed by atoms with van der Waals surface area (Å²) in [5, 5.41) is 9.38. The molecule has 4 nitrogen and oxygen atoms in total. The number of aliphatic hydroxyl groups excluding tert-OH is 1. The van der Waals surface area contributed by atoms with Crippen molar-refractivity contribution < 1.29 is 5.11 Å². The molecule has 24 heavy (non-hydrogen) atoms. The molecule has 0 aliphatic carbocycles. The molecule has 3 rings (SSSR count). The molecular formula is C19H26N2O2S. The van der Waals surface area contributed by atoms with E-state index in [-0.39, 0.29) is 5.56 Å². The Hall–Kier alpha value is -1.43. The van der Waals surface area contributed by atoms with Crippen LogP contribution < -0.4 is 5.56 Å². The van der Waals surface area contributed by atoms with Crippen molar-refractivity contribution in [1.29, 1.82) is 0 Å². The second-order valence-corrected chi connectivity index (χ2v) is 7.88. The summed E-state index contributed by atoms with van der Waals surface area (Å²) in [6.07, 6.45) is 3.05. The largest absolute Gasteiger partial charge is 0.396 e. The van der Waals surface area contributed by atoms with E-state index in [9.17, 15) is 9.90 Å². The molecule has 1 aliphatic heterocycles. The molecule has 0 amide bonds. The summed E-state index contributed by atoms with van der Waals surface area (Å²) in [7, 11) is 0. The van der Waals surface area contributed by atoms with E-state index in [1.54, 1.807) is 11.3 Å². The van der Waals surface area contributed by atoms with Crippen molar-refractivity contribution in [3.63, 3.8) is 0 Å². The van der Waals surface area contributed by atoms with E-state index >= 15 is 0 Å². The fourth-order valence-corrected chi connectivity index (χ4v) is 4.58. The zero-order valence-corrected chi connectivity index (χ0v) is 15.3. The Bertz CT molecular complexity index is 750. The number of aromatic nitrogens is 1. The zero-order valence-electron chi connectivity index (χ0n) is 14.5. The average Bonchev–Trinajstić information content (AvgIpc) is 3.03. The molecule has 2 aromatic heterocycles. The molecule has 1 fully saturated rings. The number of hydrogen-bond acceptors (Lipinski definition) is 4. The molecule has 2 aromatic rings. The number of H-pyrrole nitrogens is 1. The molecule has 0 radical (unpaired) electrons. The molecule has 1 atom stereocenters. The molecule has 0 bridgehead atoms. The molecule has 0 saturated carbocycles. The van der Waals surface area contributed by atoms with Crippen LogP contribution in [0.3, 0.4) is 0 Å². The highest BCUT2D eigenvalue weighted by Gasteiger charge is 2.20. The fourth-order valence-electron chi connectivity index (χ4n) is 3.46. The van der Waals surface area contributed by atoms with Crippen molar-refractivity contribution in [3.05, 3.63) is 44.7 Å². The number of aromatic amines is 1. The number of piperidine rings is 1. The van der Waals surface area contributed by atoms with Crippen LogP contribution >= 0.6 is 11.3 Å². The van der Waals surface area contributed by atoms with Gasteiger partial charge in [0, 0.05) is 46.3 Å². The molecule has 1 unspecified atom stereocenters. The van der Waals surface area contributed by atoms with Gasteiger partial charge in [-0.15, -0.1) is 11.3 Å². The Kier molecular flexibility index (Phi) is 5.54. The third kappa shape index (κ3) is 3.79. The van der Waals surface area contributed by atoms with Gasteiger partial charge in [-0.05, 0) is 56.8 Å². The molecule has 1 aliphatic rings. The van der Waals surface area contributed by atoms with Crippen LogP contribution in [-0.4, -0.2) is 34.7 Å². The van der Waals surface area contributed by atoms with Gasteiger partial charge < -0.3 is 10.1 Å². The summed E-state index contributed by atoms with van der Waals surface area (Å²) in [4.78, 5) is 19.9. The lowest BCUT2D eigenvalue weighted by Gasteiger charge is -2.31. The zero-order chi connectivity index (χ0) is 17.1. The third-order valence-electron chi connectivity index (χ3n) is 4.86. The first-order valence-corrected chi connectivity index (χ1v) is 9.57. The summed E-state index contributed by atoms with van der Waals surface area (Å²) in [5.74, 6) is 0.423. The van der Waals surface area contributed by atoms with Crippen molar-refractivity contribution in [2.75, 3.05) is 19.7 Å². The lowest BCUT2D eigenvalue weighted by Crippen LogP contribution is -2.36. The molecule has 0 aromatic carbocycles. The van der Waals surface area contributed by atoms with E-state index in [0.717, 1.165) is 49.3 Å². The van der Waals surface area contributed by atoms with Crippen LogP contribution in [0.5, 0.6) is 0 Å². The van der Waals surface area contributed by atoms with Gasteiger partial charge in [-0.25, -0.2) is 0 Å². The Morgan fingerprint density at radius 1 is 1.42 bits per heavy atom. The van der Waals surface area contributed by atoms with Gasteiger partial charge in [0.1, 0.15) is 0 Å². The minimum atomic E-state index is 0.0268. The maximum Gasteiger partial charge on any atom is 0.251 e. The van der Waals surface area contributed by atoms with Crippen LogP contribution in [0.4, 0.5) is 0 Å². The predicted molar refractivity (Wildman–Crippen MR) is 99.6 cm³/mol. The Morgan fingerprint density at radius 2 is 2.25 bits per heavy atom. The van der Waals surface area contributed by atoms with Crippen LogP contribution in [0, 0.1) is 12.8 Å². The first-order chi connectivity index (χ1) is 11.6. The van der Waals surface area contributed by atoms with Gasteiger partial charge in [0.2, 0.25) is 0 Å².